The van der Waals surface area contributed by atoms with Crippen molar-refractivity contribution in [2.45, 2.75) is 6.92 Å². The van der Waals surface area contributed by atoms with Crippen molar-refractivity contribution in [2.75, 3.05) is 11.9 Å². The predicted molar refractivity (Wildman–Crippen MR) is 65.6 cm³/mol. The van der Waals surface area contributed by atoms with Gasteiger partial charge in [0.25, 0.3) is 11.8 Å². The minimum Gasteiger partial charge on any atom is -0.351 e. The first-order valence-corrected chi connectivity index (χ1v) is 5.59. The molecule has 0 fully saturated rings. The van der Waals surface area contributed by atoms with Crippen LogP contribution in [0.4, 0.5) is 5.69 Å². The number of carbonyl (C=O) groups excluding carboxylic acids is 2. The fourth-order valence-corrected chi connectivity index (χ4v) is 1.81. The van der Waals surface area contributed by atoms with Gasteiger partial charge in [0.05, 0.1) is 0 Å². The zero-order chi connectivity index (χ0) is 12.4. The second-order valence-electron chi connectivity index (χ2n) is 3.58. The summed E-state index contributed by atoms with van der Waals surface area (Å²) in [7, 11) is 0. The van der Waals surface area contributed by atoms with Crippen molar-refractivity contribution < 1.29 is 9.59 Å². The fraction of sp³-hybridized carbons (Fsp3) is 0.167. The number of hydrogen-bond acceptors (Lipinski definition) is 3. The highest BCUT2D eigenvalue weighted by Gasteiger charge is 2.29. The summed E-state index contributed by atoms with van der Waals surface area (Å²) in [4.78, 5) is 24.4. The Balaban J connectivity index is 2.18. The number of hydrogen-bond donors (Lipinski definition) is 1. The molecule has 17 heavy (non-hydrogen) atoms. The van der Waals surface area contributed by atoms with E-state index in [1.807, 2.05) is 0 Å². The quantitative estimate of drug-likeness (QED) is 0.835. The molecule has 2 rings (SSSR count). The molecule has 0 aromatic heterocycles. The third-order valence-corrected chi connectivity index (χ3v) is 2.66. The summed E-state index contributed by atoms with van der Waals surface area (Å²) in [5, 5.41) is 3.46. The van der Waals surface area contributed by atoms with Crippen LogP contribution in [0.15, 0.2) is 36.0 Å². The van der Waals surface area contributed by atoms with E-state index in [-0.39, 0.29) is 17.5 Å². The SMILES string of the molecule is CCN1C(=O)C=C(Nc2cccc(Cl)c2)C1=O. The average Bonchev–Trinajstić information content (AvgIpc) is 2.54. The van der Waals surface area contributed by atoms with E-state index in [0.717, 1.165) is 0 Å². The van der Waals surface area contributed by atoms with Gasteiger partial charge in [0.1, 0.15) is 5.70 Å². The third kappa shape index (κ3) is 2.31. The van der Waals surface area contributed by atoms with Gasteiger partial charge in [-0.1, -0.05) is 17.7 Å². The summed E-state index contributed by atoms with van der Waals surface area (Å²) < 4.78 is 0. The molecule has 0 bridgehead atoms. The van der Waals surface area contributed by atoms with Crippen LogP contribution < -0.4 is 5.32 Å². The number of carbonyl (C=O) groups is 2. The predicted octanol–water partition coefficient (Wildman–Crippen LogP) is 2.02. The summed E-state index contributed by atoms with van der Waals surface area (Å²) >= 11 is 5.83. The maximum absolute atomic E-state index is 11.8. The number of benzene rings is 1. The van der Waals surface area contributed by atoms with Crippen LogP contribution in [0.25, 0.3) is 0 Å². The van der Waals surface area contributed by atoms with Gasteiger partial charge in [-0.3, -0.25) is 14.5 Å². The van der Waals surface area contributed by atoms with E-state index < -0.39 is 0 Å². The van der Waals surface area contributed by atoms with Crippen molar-refractivity contribution in [1.29, 1.82) is 0 Å². The number of nitrogens with zero attached hydrogens (tertiary/aromatic N) is 1. The van der Waals surface area contributed by atoms with Crippen LogP contribution in [0.3, 0.4) is 0 Å². The monoisotopic (exact) mass is 250 g/mol. The maximum Gasteiger partial charge on any atom is 0.277 e. The molecule has 1 aromatic rings. The summed E-state index contributed by atoms with van der Waals surface area (Å²) in [6.07, 6.45) is 1.30. The normalized spacial score (nSPS) is 15.2. The standard InChI is InChI=1S/C12H11ClN2O2/c1-2-15-11(16)7-10(12(15)17)14-9-5-3-4-8(13)6-9/h3-7,14H,2H2,1H3. The van der Waals surface area contributed by atoms with Gasteiger partial charge in [-0.2, -0.15) is 0 Å². The van der Waals surface area contributed by atoms with Gasteiger partial charge in [-0.15, -0.1) is 0 Å². The number of imide groups is 1. The molecule has 1 heterocycles. The van der Waals surface area contributed by atoms with E-state index in [1.165, 1.54) is 11.0 Å². The van der Waals surface area contributed by atoms with E-state index in [9.17, 15) is 9.59 Å². The second-order valence-corrected chi connectivity index (χ2v) is 4.02. The Morgan fingerprint density at radius 1 is 1.35 bits per heavy atom. The van der Waals surface area contributed by atoms with Crippen molar-refractivity contribution in [3.63, 3.8) is 0 Å². The first-order valence-electron chi connectivity index (χ1n) is 5.22. The molecule has 0 saturated heterocycles. The lowest BCUT2D eigenvalue weighted by molar-refractivity contribution is -0.136. The van der Waals surface area contributed by atoms with Crippen molar-refractivity contribution in [1.82, 2.24) is 4.90 Å². The minimum atomic E-state index is -0.308. The first-order chi connectivity index (χ1) is 8.11. The van der Waals surface area contributed by atoms with Crippen LogP contribution in [0.2, 0.25) is 5.02 Å². The molecule has 0 atom stereocenters. The topological polar surface area (TPSA) is 49.4 Å². The van der Waals surface area contributed by atoms with Crippen LogP contribution in [0.5, 0.6) is 0 Å². The molecule has 2 amide bonds. The molecule has 1 aromatic carbocycles. The first kappa shape index (κ1) is 11.7. The Morgan fingerprint density at radius 3 is 2.71 bits per heavy atom. The second kappa shape index (κ2) is 4.59. The lowest BCUT2D eigenvalue weighted by atomic mass is 10.3. The summed E-state index contributed by atoms with van der Waals surface area (Å²) in [6.45, 7) is 2.13. The van der Waals surface area contributed by atoms with Crippen LogP contribution >= 0.6 is 11.6 Å². The smallest absolute Gasteiger partial charge is 0.277 e. The molecule has 0 saturated carbocycles. The van der Waals surface area contributed by atoms with E-state index in [1.54, 1.807) is 31.2 Å². The molecule has 0 unspecified atom stereocenters. The van der Waals surface area contributed by atoms with Crippen molar-refractivity contribution in [2.24, 2.45) is 0 Å². The highest BCUT2D eigenvalue weighted by molar-refractivity contribution is 6.30. The highest BCUT2D eigenvalue weighted by atomic mass is 35.5. The Morgan fingerprint density at radius 2 is 2.12 bits per heavy atom. The zero-order valence-corrected chi connectivity index (χ0v) is 9.99. The van der Waals surface area contributed by atoms with Crippen molar-refractivity contribution >= 4 is 29.1 Å². The van der Waals surface area contributed by atoms with Gasteiger partial charge in [0.2, 0.25) is 0 Å². The average molecular weight is 251 g/mol. The zero-order valence-electron chi connectivity index (χ0n) is 9.24. The molecule has 1 aliphatic heterocycles. The van der Waals surface area contributed by atoms with E-state index in [2.05, 4.69) is 5.32 Å². The van der Waals surface area contributed by atoms with Crippen molar-refractivity contribution in [3.05, 3.63) is 41.1 Å². The van der Waals surface area contributed by atoms with E-state index in [4.69, 9.17) is 11.6 Å². The molecular weight excluding hydrogens is 240 g/mol. The number of amides is 2. The highest BCUT2D eigenvalue weighted by Crippen LogP contribution is 2.19. The molecule has 0 radical (unpaired) electrons. The van der Waals surface area contributed by atoms with Crippen LogP contribution in [0.1, 0.15) is 6.92 Å². The van der Waals surface area contributed by atoms with Crippen LogP contribution in [-0.2, 0) is 9.59 Å². The van der Waals surface area contributed by atoms with Crippen molar-refractivity contribution in [3.8, 4) is 0 Å². The fourth-order valence-electron chi connectivity index (χ4n) is 1.62. The Kier molecular flexibility index (Phi) is 3.15. The Labute approximate surface area is 104 Å². The van der Waals surface area contributed by atoms with Gasteiger partial charge in [0.15, 0.2) is 0 Å². The lowest BCUT2D eigenvalue weighted by Crippen LogP contribution is -2.31. The molecule has 1 aliphatic rings. The largest absolute Gasteiger partial charge is 0.351 e. The van der Waals surface area contributed by atoms with Crippen LogP contribution in [-0.4, -0.2) is 23.3 Å². The van der Waals surface area contributed by atoms with Gasteiger partial charge in [-0.05, 0) is 25.1 Å². The number of rotatable bonds is 3. The summed E-state index contributed by atoms with van der Waals surface area (Å²) in [5.74, 6) is -0.598. The molecule has 0 spiro atoms. The minimum absolute atomic E-state index is 0.277. The molecule has 1 N–H and O–H groups in total. The van der Waals surface area contributed by atoms with E-state index in [0.29, 0.717) is 17.3 Å². The Hall–Kier alpha value is -1.81. The number of anilines is 1. The molecule has 0 aliphatic carbocycles. The van der Waals surface area contributed by atoms with Crippen LogP contribution in [0, 0.1) is 0 Å². The number of nitrogens with one attached hydrogen (secondary N) is 1. The maximum atomic E-state index is 11.8. The summed E-state index contributed by atoms with van der Waals surface area (Å²) in [5.41, 5.74) is 0.960. The van der Waals surface area contributed by atoms with E-state index >= 15 is 0 Å². The van der Waals surface area contributed by atoms with Gasteiger partial charge in [0, 0.05) is 23.3 Å². The lowest BCUT2D eigenvalue weighted by Gasteiger charge is -2.12. The summed E-state index contributed by atoms with van der Waals surface area (Å²) in [6, 6.07) is 6.97. The van der Waals surface area contributed by atoms with Gasteiger partial charge in [-0.25, -0.2) is 0 Å². The number of likely N-dealkylation sites (N-methyl/N-ethyl adjacent to an activating group) is 1. The molecular formula is C12H11ClN2O2. The third-order valence-electron chi connectivity index (χ3n) is 2.43. The van der Waals surface area contributed by atoms with Gasteiger partial charge >= 0.3 is 0 Å². The molecule has 5 heteroatoms. The molecule has 4 nitrogen and oxygen atoms in total. The molecule has 88 valence electrons. The Bertz CT molecular complexity index is 511. The van der Waals surface area contributed by atoms with Gasteiger partial charge < -0.3 is 5.32 Å². The number of halogens is 1.